The molecule has 0 fully saturated rings. The summed E-state index contributed by atoms with van der Waals surface area (Å²) in [5.41, 5.74) is 0.570. The third kappa shape index (κ3) is 4.69. The van der Waals surface area contributed by atoms with Crippen LogP contribution < -0.4 is 16.6 Å². The van der Waals surface area contributed by atoms with E-state index in [-0.39, 0.29) is 24.9 Å². The summed E-state index contributed by atoms with van der Waals surface area (Å²) in [5.74, 6) is 0.206. The van der Waals surface area contributed by atoms with Crippen molar-refractivity contribution in [2.75, 3.05) is 6.54 Å². The number of hydrogen-bond acceptors (Lipinski definition) is 4. The molecule has 1 N–H and O–H groups in total. The van der Waals surface area contributed by atoms with Crippen LogP contribution in [0.2, 0.25) is 0 Å². The maximum atomic E-state index is 13.2. The monoisotopic (exact) mass is 411 g/mol. The minimum absolute atomic E-state index is 0.267. The van der Waals surface area contributed by atoms with Crippen LogP contribution in [0.15, 0.2) is 46.2 Å². The van der Waals surface area contributed by atoms with Crippen molar-refractivity contribution < 1.29 is 4.79 Å². The van der Waals surface area contributed by atoms with Gasteiger partial charge < -0.3 is 9.88 Å². The molecule has 0 spiro atoms. The fourth-order valence-corrected chi connectivity index (χ4v) is 3.34. The van der Waals surface area contributed by atoms with Crippen LogP contribution in [0.1, 0.15) is 33.3 Å². The van der Waals surface area contributed by atoms with Gasteiger partial charge in [0, 0.05) is 13.1 Å². The Bertz CT molecular complexity index is 1140. The van der Waals surface area contributed by atoms with E-state index in [9.17, 15) is 14.4 Å². The zero-order valence-corrected chi connectivity index (χ0v) is 18.0. The first kappa shape index (κ1) is 21.5. The highest BCUT2D eigenvalue weighted by atomic mass is 16.2. The van der Waals surface area contributed by atoms with E-state index in [0.717, 1.165) is 10.1 Å². The Kier molecular flexibility index (Phi) is 6.54. The molecular formula is C22H29N5O3. The number of hydrogen-bond donors (Lipinski definition) is 1. The summed E-state index contributed by atoms with van der Waals surface area (Å²) in [5, 5.41) is 2.77. The number of carbonyl (C=O) groups excluding carboxylic acids is 1. The van der Waals surface area contributed by atoms with Crippen LogP contribution in [0.4, 0.5) is 0 Å². The van der Waals surface area contributed by atoms with E-state index in [1.165, 1.54) is 4.57 Å². The number of nitrogens with one attached hydrogen (secondary N) is 1. The summed E-state index contributed by atoms with van der Waals surface area (Å²) in [4.78, 5) is 43.2. The highest BCUT2D eigenvalue weighted by Crippen LogP contribution is 2.11. The van der Waals surface area contributed by atoms with Crippen LogP contribution in [0.3, 0.4) is 0 Å². The van der Waals surface area contributed by atoms with Crippen LogP contribution in [0.25, 0.3) is 11.2 Å². The molecule has 30 heavy (non-hydrogen) atoms. The molecule has 2 heterocycles. The molecule has 8 heteroatoms. The van der Waals surface area contributed by atoms with Crippen molar-refractivity contribution in [2.24, 2.45) is 11.8 Å². The summed E-state index contributed by atoms with van der Waals surface area (Å²) in [6, 6.07) is 9.51. The molecule has 0 saturated heterocycles. The van der Waals surface area contributed by atoms with Crippen molar-refractivity contribution >= 4 is 17.1 Å². The van der Waals surface area contributed by atoms with E-state index in [2.05, 4.69) is 10.3 Å². The first-order valence-electron chi connectivity index (χ1n) is 10.3. The van der Waals surface area contributed by atoms with Gasteiger partial charge in [-0.1, -0.05) is 58.0 Å². The maximum Gasteiger partial charge on any atom is 0.333 e. The first-order valence-corrected chi connectivity index (χ1v) is 10.3. The molecule has 3 aromatic rings. The molecule has 160 valence electrons. The number of rotatable bonds is 8. The normalized spacial score (nSPS) is 11.5. The SMILES string of the molecule is CC(C)CNC(=O)Cn1c(=O)c2c(ncn2CC(C)C)n(Cc2ccccc2)c1=O. The standard InChI is InChI=1S/C22H29N5O3/c1-15(2)10-23-18(28)13-27-21(29)19-20(24-14-25(19)11-16(3)4)26(22(27)30)12-17-8-6-5-7-9-17/h5-9,14-16H,10-13H2,1-4H3,(H,23,28). The molecule has 1 amide bonds. The predicted octanol–water partition coefficient (Wildman–Crippen LogP) is 1.84. The summed E-state index contributed by atoms with van der Waals surface area (Å²) < 4.78 is 4.25. The van der Waals surface area contributed by atoms with Gasteiger partial charge in [-0.2, -0.15) is 0 Å². The Morgan fingerprint density at radius 1 is 1.03 bits per heavy atom. The summed E-state index contributed by atoms with van der Waals surface area (Å²) in [6.07, 6.45) is 1.59. The molecule has 1 aromatic carbocycles. The average molecular weight is 412 g/mol. The lowest BCUT2D eigenvalue weighted by Gasteiger charge is -2.14. The summed E-state index contributed by atoms with van der Waals surface area (Å²) >= 11 is 0. The Morgan fingerprint density at radius 2 is 1.73 bits per heavy atom. The van der Waals surface area contributed by atoms with E-state index in [1.807, 2.05) is 58.0 Å². The average Bonchev–Trinajstić information content (AvgIpc) is 3.10. The van der Waals surface area contributed by atoms with Crippen LogP contribution in [-0.4, -0.2) is 31.1 Å². The maximum absolute atomic E-state index is 13.2. The van der Waals surface area contributed by atoms with Crippen molar-refractivity contribution in [3.63, 3.8) is 0 Å². The minimum Gasteiger partial charge on any atom is -0.354 e. The van der Waals surface area contributed by atoms with E-state index in [4.69, 9.17) is 0 Å². The van der Waals surface area contributed by atoms with Crippen molar-refractivity contribution in [1.82, 2.24) is 24.0 Å². The first-order chi connectivity index (χ1) is 14.3. The summed E-state index contributed by atoms with van der Waals surface area (Å²) in [6.45, 7) is 9.08. The van der Waals surface area contributed by atoms with E-state index in [1.54, 1.807) is 10.9 Å². The molecule has 0 saturated carbocycles. The van der Waals surface area contributed by atoms with Gasteiger partial charge in [0.1, 0.15) is 6.54 Å². The molecule has 0 unspecified atom stereocenters. The van der Waals surface area contributed by atoms with Gasteiger partial charge >= 0.3 is 5.69 Å². The van der Waals surface area contributed by atoms with Gasteiger partial charge in [0.05, 0.1) is 12.9 Å². The lowest BCUT2D eigenvalue weighted by atomic mass is 10.2. The minimum atomic E-state index is -0.536. The van der Waals surface area contributed by atoms with Crippen LogP contribution >= 0.6 is 0 Å². The molecule has 0 bridgehead atoms. The van der Waals surface area contributed by atoms with Gasteiger partial charge in [-0.3, -0.25) is 14.2 Å². The van der Waals surface area contributed by atoms with Crippen molar-refractivity contribution in [2.45, 2.75) is 47.3 Å². The van der Waals surface area contributed by atoms with Gasteiger partial charge in [-0.25, -0.2) is 14.3 Å². The predicted molar refractivity (Wildman–Crippen MR) is 116 cm³/mol. The zero-order chi connectivity index (χ0) is 21.8. The molecular weight excluding hydrogens is 382 g/mol. The molecule has 0 aliphatic rings. The number of imidazole rings is 1. The Labute approximate surface area is 175 Å². The number of amides is 1. The van der Waals surface area contributed by atoms with E-state index < -0.39 is 11.2 Å². The van der Waals surface area contributed by atoms with Crippen LogP contribution in [0, 0.1) is 11.8 Å². The van der Waals surface area contributed by atoms with E-state index in [0.29, 0.717) is 30.2 Å². The Balaban J connectivity index is 2.13. The molecule has 0 aliphatic carbocycles. The molecule has 3 rings (SSSR count). The number of carbonyl (C=O) groups is 1. The molecule has 0 aliphatic heterocycles. The number of nitrogens with zero attached hydrogens (tertiary/aromatic N) is 4. The highest BCUT2D eigenvalue weighted by Gasteiger charge is 2.20. The summed E-state index contributed by atoms with van der Waals surface area (Å²) in [7, 11) is 0. The van der Waals surface area contributed by atoms with Crippen LogP contribution in [-0.2, 0) is 24.4 Å². The number of aromatic nitrogens is 4. The zero-order valence-electron chi connectivity index (χ0n) is 18.0. The third-order valence-electron chi connectivity index (χ3n) is 4.74. The van der Waals surface area contributed by atoms with Crippen molar-refractivity contribution in [3.05, 3.63) is 63.1 Å². The fraction of sp³-hybridized carbons (Fsp3) is 0.455. The molecule has 8 nitrogen and oxygen atoms in total. The van der Waals surface area contributed by atoms with Gasteiger partial charge in [0.2, 0.25) is 5.91 Å². The molecule has 0 radical (unpaired) electrons. The second-order valence-electron chi connectivity index (χ2n) is 8.41. The van der Waals surface area contributed by atoms with Crippen LogP contribution in [0.5, 0.6) is 0 Å². The van der Waals surface area contributed by atoms with Gasteiger partial charge in [0.25, 0.3) is 5.56 Å². The second kappa shape index (κ2) is 9.11. The smallest absolute Gasteiger partial charge is 0.333 e. The van der Waals surface area contributed by atoms with E-state index >= 15 is 0 Å². The van der Waals surface area contributed by atoms with Crippen molar-refractivity contribution in [3.8, 4) is 0 Å². The topological polar surface area (TPSA) is 90.9 Å². The van der Waals surface area contributed by atoms with Gasteiger partial charge in [-0.15, -0.1) is 0 Å². The fourth-order valence-electron chi connectivity index (χ4n) is 3.34. The highest BCUT2D eigenvalue weighted by molar-refractivity contribution is 5.76. The largest absolute Gasteiger partial charge is 0.354 e. The quantitative estimate of drug-likeness (QED) is 0.612. The Hall–Kier alpha value is -3.16. The lowest BCUT2D eigenvalue weighted by Crippen LogP contribution is -2.44. The second-order valence-corrected chi connectivity index (χ2v) is 8.41. The Morgan fingerprint density at radius 3 is 2.37 bits per heavy atom. The van der Waals surface area contributed by atoms with Crippen molar-refractivity contribution in [1.29, 1.82) is 0 Å². The number of fused-ring (bicyclic) bond motifs is 1. The molecule has 0 atom stereocenters. The lowest BCUT2D eigenvalue weighted by molar-refractivity contribution is -0.121. The molecule has 2 aromatic heterocycles. The number of benzene rings is 1. The third-order valence-corrected chi connectivity index (χ3v) is 4.74. The van der Waals surface area contributed by atoms with Gasteiger partial charge in [0.15, 0.2) is 11.2 Å². The van der Waals surface area contributed by atoms with Gasteiger partial charge in [-0.05, 0) is 17.4 Å².